The highest BCUT2D eigenvalue weighted by Gasteiger charge is 2.44. The predicted octanol–water partition coefficient (Wildman–Crippen LogP) is 2.56. The van der Waals surface area contributed by atoms with Gasteiger partial charge in [0.25, 0.3) is 0 Å². The van der Waals surface area contributed by atoms with Crippen molar-refractivity contribution in [2.24, 2.45) is 5.92 Å². The van der Waals surface area contributed by atoms with E-state index in [4.69, 9.17) is 0 Å². The minimum atomic E-state index is -1.14. The molecule has 0 saturated carbocycles. The van der Waals surface area contributed by atoms with Crippen LogP contribution in [-0.2, 0) is 14.3 Å². The second-order valence-corrected chi connectivity index (χ2v) is 6.50. The highest BCUT2D eigenvalue weighted by molar-refractivity contribution is 6.08. The molecule has 0 spiro atoms. The molecule has 0 aromatic heterocycles. The number of amides is 2. The van der Waals surface area contributed by atoms with Crippen LogP contribution in [0.3, 0.4) is 0 Å². The summed E-state index contributed by atoms with van der Waals surface area (Å²) in [5.74, 6) is -5.13. The van der Waals surface area contributed by atoms with Crippen LogP contribution < -0.4 is 5.32 Å². The molecule has 2 atom stereocenters. The summed E-state index contributed by atoms with van der Waals surface area (Å²) >= 11 is 0. The van der Waals surface area contributed by atoms with Crippen molar-refractivity contribution in [3.63, 3.8) is 0 Å². The lowest BCUT2D eigenvalue weighted by atomic mass is 9.87. The van der Waals surface area contributed by atoms with E-state index in [-0.39, 0.29) is 17.8 Å². The molecular weight excluding hydrogens is 370 g/mol. The van der Waals surface area contributed by atoms with Gasteiger partial charge in [-0.1, -0.05) is 18.2 Å². The molecule has 0 bridgehead atoms. The number of methoxy groups -OCH3 is 1. The summed E-state index contributed by atoms with van der Waals surface area (Å²) in [7, 11) is 2.67. The summed E-state index contributed by atoms with van der Waals surface area (Å²) in [6.07, 6.45) is 0. The first kappa shape index (κ1) is 19.5. The van der Waals surface area contributed by atoms with E-state index >= 15 is 0 Å². The first-order valence-corrected chi connectivity index (χ1v) is 8.51. The third-order valence-electron chi connectivity index (χ3n) is 4.75. The average Bonchev–Trinajstić information content (AvgIpc) is 2.98. The number of esters is 1. The van der Waals surface area contributed by atoms with E-state index in [1.54, 1.807) is 6.07 Å². The number of anilines is 1. The van der Waals surface area contributed by atoms with Crippen LogP contribution in [0.1, 0.15) is 21.8 Å². The minimum absolute atomic E-state index is 0.0389. The Labute approximate surface area is 160 Å². The number of carbonyl (C=O) groups excluding carboxylic acids is 3. The van der Waals surface area contributed by atoms with Crippen molar-refractivity contribution >= 4 is 23.5 Å². The van der Waals surface area contributed by atoms with E-state index < -0.39 is 41.3 Å². The molecule has 0 unspecified atom stereocenters. The molecule has 146 valence electrons. The highest BCUT2D eigenvalue weighted by Crippen LogP contribution is 2.35. The molecule has 2 aromatic rings. The monoisotopic (exact) mass is 388 g/mol. The zero-order valence-electron chi connectivity index (χ0n) is 15.2. The number of para-hydroxylation sites is 1. The maximum Gasteiger partial charge on any atom is 0.340 e. The second-order valence-electron chi connectivity index (χ2n) is 6.50. The molecule has 1 fully saturated rings. The van der Waals surface area contributed by atoms with Crippen LogP contribution >= 0.6 is 0 Å². The number of carbonyl (C=O) groups is 3. The minimum Gasteiger partial charge on any atom is -0.465 e. The van der Waals surface area contributed by atoms with Gasteiger partial charge in [0.2, 0.25) is 11.8 Å². The Kier molecular flexibility index (Phi) is 5.39. The molecule has 0 radical (unpaired) electrons. The number of likely N-dealkylation sites (tertiary alicyclic amines) is 1. The van der Waals surface area contributed by atoms with Gasteiger partial charge in [-0.25, -0.2) is 13.6 Å². The smallest absolute Gasteiger partial charge is 0.340 e. The Hall–Kier alpha value is -3.29. The van der Waals surface area contributed by atoms with E-state index in [0.29, 0.717) is 5.56 Å². The Morgan fingerprint density at radius 3 is 2.54 bits per heavy atom. The summed E-state index contributed by atoms with van der Waals surface area (Å²) < 4.78 is 32.4. The lowest BCUT2D eigenvalue weighted by molar-refractivity contribution is -0.135. The van der Waals surface area contributed by atoms with Gasteiger partial charge in [-0.15, -0.1) is 0 Å². The Bertz CT molecular complexity index is 948. The summed E-state index contributed by atoms with van der Waals surface area (Å²) in [5.41, 5.74) is 0.117. The van der Waals surface area contributed by atoms with Crippen LogP contribution in [0.2, 0.25) is 0 Å². The van der Waals surface area contributed by atoms with Gasteiger partial charge < -0.3 is 15.0 Å². The third kappa shape index (κ3) is 3.58. The maximum absolute atomic E-state index is 13.9. The van der Waals surface area contributed by atoms with Gasteiger partial charge in [-0.2, -0.15) is 0 Å². The van der Waals surface area contributed by atoms with Gasteiger partial charge in [-0.3, -0.25) is 9.59 Å². The molecule has 1 N–H and O–H groups in total. The van der Waals surface area contributed by atoms with E-state index in [0.717, 1.165) is 13.2 Å². The van der Waals surface area contributed by atoms with Gasteiger partial charge in [-0.05, 0) is 29.8 Å². The van der Waals surface area contributed by atoms with Crippen LogP contribution in [0.4, 0.5) is 14.5 Å². The molecule has 1 aliphatic heterocycles. The summed E-state index contributed by atoms with van der Waals surface area (Å²) in [6, 6.07) is 9.41. The van der Waals surface area contributed by atoms with Gasteiger partial charge in [0.05, 0.1) is 18.4 Å². The number of halogens is 2. The van der Waals surface area contributed by atoms with Gasteiger partial charge in [0.15, 0.2) is 0 Å². The third-order valence-corrected chi connectivity index (χ3v) is 4.75. The number of nitrogens with zero attached hydrogens (tertiary/aromatic N) is 1. The number of nitrogens with one attached hydrogen (secondary N) is 1. The summed E-state index contributed by atoms with van der Waals surface area (Å²) in [5, 5.41) is 2.44. The molecule has 1 aliphatic rings. The van der Waals surface area contributed by atoms with Crippen molar-refractivity contribution in [3.05, 3.63) is 65.2 Å². The van der Waals surface area contributed by atoms with Crippen LogP contribution in [0.25, 0.3) is 0 Å². The molecule has 1 heterocycles. The summed E-state index contributed by atoms with van der Waals surface area (Å²) in [4.78, 5) is 38.4. The normalized spacial score (nSPS) is 18.9. The number of rotatable bonds is 4. The zero-order valence-corrected chi connectivity index (χ0v) is 15.2. The van der Waals surface area contributed by atoms with E-state index in [1.807, 2.05) is 0 Å². The first-order valence-electron chi connectivity index (χ1n) is 8.51. The fourth-order valence-corrected chi connectivity index (χ4v) is 3.31. The van der Waals surface area contributed by atoms with Crippen molar-refractivity contribution < 1.29 is 27.9 Å². The molecular formula is C20H18F2N2O4. The lowest BCUT2D eigenvalue weighted by Gasteiger charge is -2.18. The van der Waals surface area contributed by atoms with Gasteiger partial charge >= 0.3 is 5.97 Å². The molecule has 8 heteroatoms. The first-order chi connectivity index (χ1) is 13.3. The topological polar surface area (TPSA) is 75.7 Å². The Morgan fingerprint density at radius 2 is 1.86 bits per heavy atom. The van der Waals surface area contributed by atoms with Gasteiger partial charge in [0, 0.05) is 19.5 Å². The average molecular weight is 388 g/mol. The van der Waals surface area contributed by atoms with E-state index in [2.05, 4.69) is 10.1 Å². The Balaban J connectivity index is 1.94. The molecule has 0 aliphatic carbocycles. The van der Waals surface area contributed by atoms with Crippen LogP contribution in [0.5, 0.6) is 0 Å². The van der Waals surface area contributed by atoms with Crippen LogP contribution in [-0.4, -0.2) is 43.4 Å². The lowest BCUT2D eigenvalue weighted by Crippen LogP contribution is -2.33. The van der Waals surface area contributed by atoms with E-state index in [9.17, 15) is 23.2 Å². The quantitative estimate of drug-likeness (QED) is 0.645. The maximum atomic E-state index is 13.9. The number of likely N-dealkylation sites (N-methyl/N-ethyl adjacent to an activating group) is 1. The second kappa shape index (κ2) is 7.75. The standard InChI is InChI=1S/C20H18F2N2O4/c1-24-10-13(11-7-8-14(21)12(9-11)20(27)28-2)17(19(24)26)18(25)23-16-6-4-3-5-15(16)22/h3-9,13,17H,10H2,1-2H3,(H,23,25)/t13-,17+/m1/s1. The largest absolute Gasteiger partial charge is 0.465 e. The van der Waals surface area contributed by atoms with Gasteiger partial charge in [0.1, 0.15) is 17.6 Å². The number of hydrogen-bond acceptors (Lipinski definition) is 4. The summed E-state index contributed by atoms with van der Waals surface area (Å²) in [6.45, 7) is 0.195. The van der Waals surface area contributed by atoms with Crippen LogP contribution in [0.15, 0.2) is 42.5 Å². The Morgan fingerprint density at radius 1 is 1.14 bits per heavy atom. The zero-order chi connectivity index (χ0) is 20.4. The predicted molar refractivity (Wildman–Crippen MR) is 96.6 cm³/mol. The van der Waals surface area contributed by atoms with Crippen molar-refractivity contribution in [2.45, 2.75) is 5.92 Å². The van der Waals surface area contributed by atoms with Crippen molar-refractivity contribution in [2.75, 3.05) is 26.0 Å². The van der Waals surface area contributed by atoms with E-state index in [1.165, 1.54) is 42.3 Å². The fraction of sp³-hybridized carbons (Fsp3) is 0.250. The highest BCUT2D eigenvalue weighted by atomic mass is 19.1. The molecule has 3 rings (SSSR count). The molecule has 6 nitrogen and oxygen atoms in total. The molecule has 2 amide bonds. The van der Waals surface area contributed by atoms with Crippen molar-refractivity contribution in [1.82, 2.24) is 4.90 Å². The molecule has 28 heavy (non-hydrogen) atoms. The van der Waals surface area contributed by atoms with Crippen molar-refractivity contribution in [3.8, 4) is 0 Å². The number of hydrogen-bond donors (Lipinski definition) is 1. The van der Waals surface area contributed by atoms with Crippen LogP contribution in [0, 0.1) is 17.6 Å². The number of ether oxygens (including phenoxy) is 1. The fourth-order valence-electron chi connectivity index (χ4n) is 3.31. The molecule has 2 aromatic carbocycles. The molecule has 1 saturated heterocycles. The number of benzene rings is 2. The SMILES string of the molecule is COC(=O)c1cc([C@H]2CN(C)C(=O)[C@@H]2C(=O)Nc2ccccc2F)ccc1F. The van der Waals surface area contributed by atoms with Crippen molar-refractivity contribution in [1.29, 1.82) is 0 Å².